The lowest BCUT2D eigenvalue weighted by Crippen LogP contribution is -2.38. The quantitative estimate of drug-likeness (QED) is 0.849. The summed E-state index contributed by atoms with van der Waals surface area (Å²) >= 11 is 0. The van der Waals surface area contributed by atoms with Crippen molar-refractivity contribution in [2.24, 2.45) is 0 Å². The van der Waals surface area contributed by atoms with Crippen LogP contribution in [0.3, 0.4) is 0 Å². The molecule has 5 heteroatoms. The number of rotatable bonds is 6. The first-order valence-corrected chi connectivity index (χ1v) is 8.80. The van der Waals surface area contributed by atoms with Gasteiger partial charge in [0.1, 0.15) is 0 Å². The molecular weight excluding hydrogens is 314 g/mol. The number of aromatic amines is 1. The van der Waals surface area contributed by atoms with Gasteiger partial charge < -0.3 is 10.3 Å². The number of carbonyl (C=O) groups excluding carboxylic acids is 1. The van der Waals surface area contributed by atoms with E-state index < -0.39 is 0 Å². The van der Waals surface area contributed by atoms with E-state index in [2.05, 4.69) is 46.5 Å². The minimum atomic E-state index is -0.335. The molecule has 0 bridgehead atoms. The van der Waals surface area contributed by atoms with Crippen molar-refractivity contribution in [3.8, 4) is 0 Å². The molecule has 0 aliphatic heterocycles. The molecule has 1 aromatic heterocycles. The molecule has 1 aromatic carbocycles. The van der Waals surface area contributed by atoms with Gasteiger partial charge >= 0.3 is 5.69 Å². The van der Waals surface area contributed by atoms with E-state index in [1.807, 2.05) is 13.8 Å². The molecule has 1 aliphatic carbocycles. The lowest BCUT2D eigenvalue weighted by atomic mass is 10.0. The van der Waals surface area contributed by atoms with Crippen molar-refractivity contribution in [1.29, 1.82) is 0 Å². The molecule has 3 rings (SSSR count). The zero-order chi connectivity index (χ0) is 18.0. The first-order valence-electron chi connectivity index (χ1n) is 8.80. The summed E-state index contributed by atoms with van der Waals surface area (Å²) < 4.78 is 0. The predicted molar refractivity (Wildman–Crippen MR) is 97.6 cm³/mol. The van der Waals surface area contributed by atoms with Gasteiger partial charge in [0, 0.05) is 23.3 Å². The molecule has 0 atom stereocenters. The molecule has 5 nitrogen and oxygen atoms in total. The maximum absolute atomic E-state index is 12.4. The molecule has 0 saturated heterocycles. The number of hydrogen-bond acceptors (Lipinski definition) is 3. The van der Waals surface area contributed by atoms with Crippen molar-refractivity contribution >= 4 is 5.91 Å². The Morgan fingerprint density at radius 2 is 1.88 bits per heavy atom. The molecule has 0 radical (unpaired) electrons. The number of benzene rings is 1. The van der Waals surface area contributed by atoms with Crippen molar-refractivity contribution in [3.05, 3.63) is 62.8 Å². The van der Waals surface area contributed by atoms with Crippen LogP contribution in [0, 0.1) is 20.8 Å². The normalized spacial score (nSPS) is 15.0. The third kappa shape index (κ3) is 4.35. The molecule has 1 saturated carbocycles. The van der Waals surface area contributed by atoms with Gasteiger partial charge in [0.2, 0.25) is 5.91 Å². The number of H-pyrrole nitrogens is 1. The fourth-order valence-corrected chi connectivity index (χ4v) is 3.31. The lowest BCUT2D eigenvalue weighted by molar-refractivity contribution is -0.122. The molecule has 1 fully saturated rings. The van der Waals surface area contributed by atoms with Gasteiger partial charge in [-0.25, -0.2) is 4.79 Å². The Balaban J connectivity index is 1.57. The van der Waals surface area contributed by atoms with Crippen LogP contribution in [0.5, 0.6) is 0 Å². The number of aryl methyl sites for hydroxylation is 3. The number of hydrogen-bond donors (Lipinski definition) is 2. The standard InChI is InChI=1S/C20H25N3O2/c1-13-4-6-16(7-5-13)12-20(10-11-20)23-18(24)9-8-17-14(2)21-19(25)22-15(17)3/h4-7H,8-12H2,1-3H3,(H,23,24)(H,21,22,25). The topological polar surface area (TPSA) is 74.8 Å². The average Bonchev–Trinajstić information content (AvgIpc) is 3.27. The summed E-state index contributed by atoms with van der Waals surface area (Å²) in [6, 6.07) is 8.50. The zero-order valence-corrected chi connectivity index (χ0v) is 15.1. The highest BCUT2D eigenvalue weighted by molar-refractivity contribution is 5.77. The summed E-state index contributed by atoms with van der Waals surface area (Å²) in [6.45, 7) is 5.74. The Morgan fingerprint density at radius 1 is 1.20 bits per heavy atom. The Kier molecular flexibility index (Phi) is 4.75. The van der Waals surface area contributed by atoms with E-state index in [4.69, 9.17) is 0 Å². The van der Waals surface area contributed by atoms with Crippen molar-refractivity contribution in [2.75, 3.05) is 0 Å². The Hall–Kier alpha value is -2.43. The van der Waals surface area contributed by atoms with E-state index in [-0.39, 0.29) is 17.1 Å². The van der Waals surface area contributed by atoms with Crippen LogP contribution < -0.4 is 11.0 Å². The van der Waals surface area contributed by atoms with Crippen LogP contribution in [0.25, 0.3) is 0 Å². The van der Waals surface area contributed by atoms with Gasteiger partial charge in [-0.3, -0.25) is 4.79 Å². The van der Waals surface area contributed by atoms with Gasteiger partial charge in [-0.05, 0) is 57.6 Å². The van der Waals surface area contributed by atoms with Gasteiger partial charge in [-0.1, -0.05) is 29.8 Å². The van der Waals surface area contributed by atoms with Crippen LogP contribution in [0.4, 0.5) is 0 Å². The molecule has 2 N–H and O–H groups in total. The van der Waals surface area contributed by atoms with Crippen LogP contribution in [0.2, 0.25) is 0 Å². The average molecular weight is 339 g/mol. The summed E-state index contributed by atoms with van der Waals surface area (Å²) in [6.07, 6.45) is 3.95. The van der Waals surface area contributed by atoms with Crippen LogP contribution in [0.15, 0.2) is 29.1 Å². The summed E-state index contributed by atoms with van der Waals surface area (Å²) in [4.78, 5) is 30.4. The van der Waals surface area contributed by atoms with E-state index >= 15 is 0 Å². The Bertz CT molecular complexity index is 807. The molecule has 2 aromatic rings. The molecule has 1 heterocycles. The van der Waals surface area contributed by atoms with Crippen molar-refractivity contribution in [1.82, 2.24) is 15.3 Å². The second-order valence-corrected chi connectivity index (χ2v) is 7.22. The van der Waals surface area contributed by atoms with E-state index in [0.29, 0.717) is 18.5 Å². The van der Waals surface area contributed by atoms with E-state index in [1.54, 1.807) is 0 Å². The highest BCUT2D eigenvalue weighted by Gasteiger charge is 2.43. The zero-order valence-electron chi connectivity index (χ0n) is 15.1. The monoisotopic (exact) mass is 339 g/mol. The Morgan fingerprint density at radius 3 is 2.48 bits per heavy atom. The number of aromatic nitrogens is 2. The van der Waals surface area contributed by atoms with Gasteiger partial charge in [-0.2, -0.15) is 4.98 Å². The van der Waals surface area contributed by atoms with Crippen molar-refractivity contribution in [3.63, 3.8) is 0 Å². The molecule has 25 heavy (non-hydrogen) atoms. The number of nitrogens with zero attached hydrogens (tertiary/aromatic N) is 1. The SMILES string of the molecule is Cc1ccc(CC2(NC(=O)CCc3c(C)nc(=O)[nH]c3C)CC2)cc1. The summed E-state index contributed by atoms with van der Waals surface area (Å²) in [5.41, 5.74) is 4.56. The maximum atomic E-state index is 12.4. The maximum Gasteiger partial charge on any atom is 0.345 e. The van der Waals surface area contributed by atoms with Crippen LogP contribution in [-0.4, -0.2) is 21.4 Å². The molecule has 0 unspecified atom stereocenters. The first-order chi connectivity index (χ1) is 11.9. The van der Waals surface area contributed by atoms with Crippen LogP contribution >= 0.6 is 0 Å². The molecule has 1 amide bonds. The highest BCUT2D eigenvalue weighted by Crippen LogP contribution is 2.38. The second-order valence-electron chi connectivity index (χ2n) is 7.22. The third-order valence-corrected chi connectivity index (χ3v) is 4.98. The fraction of sp³-hybridized carbons (Fsp3) is 0.450. The largest absolute Gasteiger partial charge is 0.350 e. The van der Waals surface area contributed by atoms with Gasteiger partial charge in [-0.15, -0.1) is 0 Å². The third-order valence-electron chi connectivity index (χ3n) is 4.98. The highest BCUT2D eigenvalue weighted by atomic mass is 16.2. The van der Waals surface area contributed by atoms with Crippen LogP contribution in [0.1, 0.15) is 47.3 Å². The number of nitrogens with one attached hydrogen (secondary N) is 2. The first kappa shape index (κ1) is 17.4. The minimum Gasteiger partial charge on any atom is -0.350 e. The summed E-state index contributed by atoms with van der Waals surface area (Å²) in [7, 11) is 0. The summed E-state index contributed by atoms with van der Waals surface area (Å²) in [5, 5.41) is 3.22. The molecule has 1 aliphatic rings. The van der Waals surface area contributed by atoms with Gasteiger partial charge in [0.15, 0.2) is 0 Å². The molecule has 0 spiro atoms. The predicted octanol–water partition coefficient (Wildman–Crippen LogP) is 2.52. The fourth-order valence-electron chi connectivity index (χ4n) is 3.31. The van der Waals surface area contributed by atoms with Gasteiger partial charge in [0.05, 0.1) is 0 Å². The van der Waals surface area contributed by atoms with Gasteiger partial charge in [0.25, 0.3) is 0 Å². The van der Waals surface area contributed by atoms with Crippen LogP contribution in [-0.2, 0) is 17.6 Å². The number of amides is 1. The smallest absolute Gasteiger partial charge is 0.345 e. The van der Waals surface area contributed by atoms with E-state index in [9.17, 15) is 9.59 Å². The van der Waals surface area contributed by atoms with Crippen molar-refractivity contribution in [2.45, 2.75) is 58.4 Å². The molecule has 132 valence electrons. The van der Waals surface area contributed by atoms with E-state index in [0.717, 1.165) is 30.5 Å². The second kappa shape index (κ2) is 6.82. The van der Waals surface area contributed by atoms with E-state index in [1.165, 1.54) is 11.1 Å². The lowest BCUT2D eigenvalue weighted by Gasteiger charge is -2.18. The minimum absolute atomic E-state index is 0.0645. The number of carbonyl (C=O) groups is 1. The Labute approximate surface area is 147 Å². The molecular formula is C20H25N3O2. The summed E-state index contributed by atoms with van der Waals surface area (Å²) in [5.74, 6) is 0.0645. The van der Waals surface area contributed by atoms with Crippen molar-refractivity contribution < 1.29 is 4.79 Å².